The number of epoxide rings is 2. The highest BCUT2D eigenvalue weighted by Gasteiger charge is 2.75. The summed E-state index contributed by atoms with van der Waals surface area (Å²) in [6.07, 6.45) is 44.5. The Kier molecular flexibility index (Phi) is 21.7. The number of cyclic esters (lactones) is 2. The molecule has 4 N–H and O–H groups in total. The van der Waals surface area contributed by atoms with Crippen molar-refractivity contribution in [3.05, 3.63) is 201 Å². The molecule has 0 radical (unpaired) electrons. The van der Waals surface area contributed by atoms with E-state index in [0.717, 1.165) is 33.4 Å². The number of aliphatic hydroxyl groups excluding tert-OH is 2. The highest BCUT2D eigenvalue weighted by atomic mass is 16.6. The molecular formula is C78H100O14. The van der Waals surface area contributed by atoms with Gasteiger partial charge in [-0.15, -0.1) is 11.5 Å². The van der Waals surface area contributed by atoms with Crippen LogP contribution in [0.3, 0.4) is 0 Å². The van der Waals surface area contributed by atoms with Gasteiger partial charge in [0.15, 0.2) is 0 Å². The van der Waals surface area contributed by atoms with Crippen molar-refractivity contribution >= 4 is 23.9 Å². The Morgan fingerprint density at radius 2 is 0.804 bits per heavy atom. The Bertz CT molecular complexity index is 3260. The minimum atomic E-state index is -1.12. The van der Waals surface area contributed by atoms with Gasteiger partial charge in [-0.3, -0.25) is 9.59 Å². The number of esters is 4. The van der Waals surface area contributed by atoms with Gasteiger partial charge in [0.05, 0.1) is 34.6 Å². The van der Waals surface area contributed by atoms with Crippen molar-refractivity contribution in [1.29, 1.82) is 0 Å². The van der Waals surface area contributed by atoms with E-state index in [1.165, 1.54) is 13.8 Å². The lowest BCUT2D eigenvalue weighted by molar-refractivity contribution is -0.154. The molecule has 0 amide bonds. The van der Waals surface area contributed by atoms with E-state index in [2.05, 4.69) is 39.2 Å². The molecule has 2 saturated heterocycles. The first-order valence-corrected chi connectivity index (χ1v) is 32.2. The zero-order valence-corrected chi connectivity index (χ0v) is 57.5. The largest absolute Gasteiger partial charge is 0.462 e. The summed E-state index contributed by atoms with van der Waals surface area (Å²) in [6.45, 7) is 34.7. The third-order valence-corrected chi connectivity index (χ3v) is 19.1. The summed E-state index contributed by atoms with van der Waals surface area (Å²) in [5.74, 6) is -0.484. The normalized spacial score (nSPS) is 34.9. The van der Waals surface area contributed by atoms with Crippen molar-refractivity contribution in [2.24, 2.45) is 21.7 Å². The van der Waals surface area contributed by atoms with E-state index in [4.69, 9.17) is 28.4 Å². The second-order valence-corrected chi connectivity index (χ2v) is 29.9. The summed E-state index contributed by atoms with van der Waals surface area (Å²) >= 11 is 0. The van der Waals surface area contributed by atoms with Crippen LogP contribution in [0, 0.1) is 21.7 Å². The maximum Gasteiger partial charge on any atom is 0.343 e. The molecule has 4 aliphatic carbocycles. The van der Waals surface area contributed by atoms with Gasteiger partial charge in [0, 0.05) is 61.5 Å². The number of hydrogen-bond acceptors (Lipinski definition) is 14. The third kappa shape index (κ3) is 17.1. The molecule has 8 rings (SSSR count). The van der Waals surface area contributed by atoms with Crippen LogP contribution in [0.5, 0.6) is 0 Å². The van der Waals surface area contributed by atoms with Gasteiger partial charge >= 0.3 is 23.9 Å². The predicted molar refractivity (Wildman–Crippen MR) is 358 cm³/mol. The molecule has 0 bridgehead atoms. The average Bonchev–Trinajstić information content (AvgIpc) is 1.52. The van der Waals surface area contributed by atoms with Crippen molar-refractivity contribution in [1.82, 2.24) is 0 Å². The van der Waals surface area contributed by atoms with E-state index in [-0.39, 0.29) is 58.0 Å². The molecular weight excluding hydrogens is 1160 g/mol. The molecule has 14 nitrogen and oxygen atoms in total. The first-order chi connectivity index (χ1) is 42.6. The second kappa shape index (κ2) is 27.5. The first-order valence-electron chi connectivity index (χ1n) is 32.2. The minimum Gasteiger partial charge on any atom is -0.462 e. The molecule has 0 aromatic heterocycles. The lowest BCUT2D eigenvalue weighted by Crippen LogP contribution is -2.46. The second-order valence-electron chi connectivity index (χ2n) is 29.9. The topological polar surface area (TPSA) is 211 Å². The fourth-order valence-corrected chi connectivity index (χ4v) is 15.2. The first kappa shape index (κ1) is 72.5. The zero-order valence-electron chi connectivity index (χ0n) is 57.5. The molecule has 0 aromatic rings. The Hall–Kier alpha value is -6.96. The molecule has 14 heteroatoms. The number of aliphatic hydroxyl groups is 4. The summed E-state index contributed by atoms with van der Waals surface area (Å²) in [7, 11) is 0. The van der Waals surface area contributed by atoms with Crippen molar-refractivity contribution < 1.29 is 68.0 Å². The molecule has 8 aliphatic rings. The van der Waals surface area contributed by atoms with Crippen molar-refractivity contribution in [3.63, 3.8) is 0 Å². The van der Waals surface area contributed by atoms with Crippen LogP contribution < -0.4 is 0 Å². The summed E-state index contributed by atoms with van der Waals surface area (Å²) in [4.78, 5) is 47.9. The molecule has 496 valence electrons. The van der Waals surface area contributed by atoms with Gasteiger partial charge in [-0.2, -0.15) is 0 Å². The fraction of sp³-hybridized carbons (Fsp3) is 0.513. The van der Waals surface area contributed by atoms with E-state index >= 15 is 0 Å². The van der Waals surface area contributed by atoms with Crippen LogP contribution in [0.25, 0.3) is 0 Å². The van der Waals surface area contributed by atoms with Gasteiger partial charge in [0.25, 0.3) is 0 Å². The number of ether oxygens (including phenoxy) is 6. The van der Waals surface area contributed by atoms with E-state index in [1.807, 2.05) is 179 Å². The fourth-order valence-electron chi connectivity index (χ4n) is 15.2. The summed E-state index contributed by atoms with van der Waals surface area (Å²) < 4.78 is 34.1. The van der Waals surface area contributed by atoms with Crippen LogP contribution in [0.1, 0.15) is 176 Å². The van der Waals surface area contributed by atoms with Crippen LogP contribution in [-0.4, -0.2) is 102 Å². The van der Waals surface area contributed by atoms with Gasteiger partial charge in [-0.1, -0.05) is 128 Å². The lowest BCUT2D eigenvalue weighted by Gasteiger charge is -2.44. The number of carbonyl (C=O) groups is 4. The maximum absolute atomic E-state index is 12.5. The van der Waals surface area contributed by atoms with Crippen molar-refractivity contribution in [2.75, 3.05) is 0 Å². The number of allylic oxidation sites excluding steroid dienone is 20. The van der Waals surface area contributed by atoms with Crippen LogP contribution in [0.4, 0.5) is 0 Å². The molecule has 10 atom stereocenters. The quantitative estimate of drug-likeness (QED) is 0.0372. The molecule has 4 heterocycles. The molecule has 0 spiro atoms. The maximum atomic E-state index is 12.5. The minimum absolute atomic E-state index is 0.256. The van der Waals surface area contributed by atoms with Gasteiger partial charge in [0.2, 0.25) is 0 Å². The Morgan fingerprint density at radius 3 is 1.11 bits per heavy atom. The van der Waals surface area contributed by atoms with Crippen LogP contribution >= 0.6 is 0 Å². The monoisotopic (exact) mass is 1260 g/mol. The highest BCUT2D eigenvalue weighted by molar-refractivity contribution is 5.96. The number of rotatable bonds is 16. The molecule has 4 saturated carbocycles. The van der Waals surface area contributed by atoms with Crippen LogP contribution in [-0.2, 0) is 47.6 Å². The van der Waals surface area contributed by atoms with Crippen molar-refractivity contribution in [2.45, 2.75) is 234 Å². The predicted octanol–water partition coefficient (Wildman–Crippen LogP) is 14.4. The molecule has 4 aliphatic heterocycles. The SMILES string of the molecule is CC(=O)OC1CC(C)(C)C(=C=C/C(C)=C/C=C/C=C/C=C(C)/C=C2C=C(/C=C/C34OC3(C)CC(O)CC4(C)C)C(=O)O/2)C(C)(O)C1.CC(=O)OC1CC(C)(C)C(=C=C/C(C)=C/C=C/C=C/C=C(C)/C=C2C=C(/C=C/C34OC3(C)CC(O)CC4(C)C)C(=O)O/2)C(C)(O)C1. The van der Waals surface area contributed by atoms with Gasteiger partial charge < -0.3 is 48.8 Å². The van der Waals surface area contributed by atoms with E-state index in [1.54, 1.807) is 38.2 Å². The molecule has 0 aromatic carbocycles. The Balaban J connectivity index is 0.000000261. The number of hydrogen-bond donors (Lipinski definition) is 4. The van der Waals surface area contributed by atoms with E-state index < -0.39 is 45.5 Å². The standard InChI is InChI=1S/2C39H50O7/c2*1-26(16-17-33-35(4,5)24-32(44-28(3)40)25-37(33,8)43)14-12-10-11-13-15-27(2)20-31-21-29(34(42)45-31)18-19-39-36(6,7)22-30(41)23-38(39,9)46-39/h2*10-16,18-21,30,32,41,43H,22-25H2,1-9H3/b2*12-10+,13-11+,19-18+,26-14+,27-15+,31-20-. The molecule has 10 unspecified atom stereocenters. The lowest BCUT2D eigenvalue weighted by atomic mass is 9.63. The Morgan fingerprint density at radius 1 is 0.478 bits per heavy atom. The molecule has 6 fully saturated rings. The summed E-state index contributed by atoms with van der Waals surface area (Å²) in [5.41, 5.74) is 7.63. The third-order valence-electron chi connectivity index (χ3n) is 19.1. The van der Waals surface area contributed by atoms with Gasteiger partial charge in [-0.25, -0.2) is 9.59 Å². The Labute approximate surface area is 546 Å². The van der Waals surface area contributed by atoms with E-state index in [0.29, 0.717) is 74.0 Å². The molecule has 92 heavy (non-hydrogen) atoms. The summed E-state index contributed by atoms with van der Waals surface area (Å²) in [6, 6.07) is 0. The average molecular weight is 1260 g/mol. The van der Waals surface area contributed by atoms with Crippen LogP contribution in [0.15, 0.2) is 201 Å². The zero-order chi connectivity index (χ0) is 68.3. The number of fused-ring (bicyclic) bond motifs is 2. The smallest absolute Gasteiger partial charge is 0.343 e. The van der Waals surface area contributed by atoms with E-state index in [9.17, 15) is 39.6 Å². The highest BCUT2D eigenvalue weighted by Crippen LogP contribution is 2.67. The number of carbonyl (C=O) groups excluding carboxylic acids is 4. The van der Waals surface area contributed by atoms with Gasteiger partial charge in [-0.05, 0) is 175 Å². The van der Waals surface area contributed by atoms with Crippen molar-refractivity contribution in [3.8, 4) is 0 Å². The van der Waals surface area contributed by atoms with Crippen LogP contribution in [0.2, 0.25) is 0 Å². The summed E-state index contributed by atoms with van der Waals surface area (Å²) in [5, 5.41) is 42.8. The van der Waals surface area contributed by atoms with Gasteiger partial charge in [0.1, 0.15) is 46.1 Å².